The molecule has 0 aliphatic carbocycles. The first-order valence-electron chi connectivity index (χ1n) is 8.48. The quantitative estimate of drug-likeness (QED) is 0.439. The molecule has 2 amide bonds. The number of nitrogens with one attached hydrogen (secondary N) is 1. The van der Waals surface area contributed by atoms with Gasteiger partial charge in [0.2, 0.25) is 0 Å². The van der Waals surface area contributed by atoms with Crippen LogP contribution in [0.1, 0.15) is 29.0 Å². The number of amides is 2. The molecule has 1 aliphatic heterocycles. The highest BCUT2D eigenvalue weighted by Crippen LogP contribution is 2.26. The van der Waals surface area contributed by atoms with Gasteiger partial charge in [0.1, 0.15) is 11.8 Å². The van der Waals surface area contributed by atoms with Gasteiger partial charge in [0.15, 0.2) is 0 Å². The van der Waals surface area contributed by atoms with E-state index in [0.717, 1.165) is 18.2 Å². The van der Waals surface area contributed by atoms with Crippen molar-refractivity contribution in [2.75, 3.05) is 6.54 Å². The van der Waals surface area contributed by atoms with Crippen LogP contribution < -0.4 is 5.43 Å². The topological polar surface area (TPSA) is 161 Å². The Morgan fingerprint density at radius 1 is 1.21 bits per heavy atom. The average Bonchev–Trinajstić information content (AvgIpc) is 3.38. The third-order valence-corrected chi connectivity index (χ3v) is 4.30. The van der Waals surface area contributed by atoms with Crippen molar-refractivity contribution in [3.05, 3.63) is 68.1 Å². The van der Waals surface area contributed by atoms with Crippen LogP contribution in [-0.4, -0.2) is 45.4 Å². The van der Waals surface area contributed by atoms with Crippen molar-refractivity contribution in [2.45, 2.75) is 18.9 Å². The zero-order valence-corrected chi connectivity index (χ0v) is 14.9. The molecule has 1 saturated heterocycles. The Hall–Kier alpha value is -4.09. The lowest BCUT2D eigenvalue weighted by Gasteiger charge is -2.23. The Kier molecular flexibility index (Phi) is 5.62. The van der Waals surface area contributed by atoms with Crippen LogP contribution in [0.4, 0.5) is 11.4 Å². The number of likely N-dealkylation sites (tertiary alicyclic amines) is 1. The minimum absolute atomic E-state index is 0.231. The Bertz CT molecular complexity index is 954. The molecule has 2 aromatic rings. The molecule has 3 rings (SSSR count). The Balaban J connectivity index is 1.78. The van der Waals surface area contributed by atoms with Crippen LogP contribution in [0.2, 0.25) is 0 Å². The molecule has 0 bridgehead atoms. The molecule has 1 aromatic carbocycles. The summed E-state index contributed by atoms with van der Waals surface area (Å²) in [5, 5.41) is 25.8. The van der Waals surface area contributed by atoms with Gasteiger partial charge in [0, 0.05) is 18.7 Å². The number of hydrogen-bond acceptors (Lipinski definition) is 8. The van der Waals surface area contributed by atoms with Crippen LogP contribution in [0.3, 0.4) is 0 Å². The Labute approximate surface area is 163 Å². The van der Waals surface area contributed by atoms with Gasteiger partial charge in [0.25, 0.3) is 23.2 Å². The van der Waals surface area contributed by atoms with Gasteiger partial charge in [-0.05, 0) is 25.0 Å². The molecule has 1 fully saturated rings. The van der Waals surface area contributed by atoms with Gasteiger partial charge in [-0.1, -0.05) is 0 Å². The summed E-state index contributed by atoms with van der Waals surface area (Å²) in [6.07, 6.45) is 3.63. The fourth-order valence-corrected chi connectivity index (χ4v) is 2.98. The second-order valence-corrected chi connectivity index (χ2v) is 6.16. The van der Waals surface area contributed by atoms with Crippen LogP contribution in [0.15, 0.2) is 46.1 Å². The van der Waals surface area contributed by atoms with E-state index in [2.05, 4.69) is 10.5 Å². The van der Waals surface area contributed by atoms with Crippen LogP contribution >= 0.6 is 0 Å². The minimum atomic E-state index is -0.852. The van der Waals surface area contributed by atoms with Gasteiger partial charge in [-0.2, -0.15) is 5.10 Å². The number of hydrogen-bond donors (Lipinski definition) is 1. The number of carbonyl (C=O) groups is 2. The maximum absolute atomic E-state index is 12.8. The van der Waals surface area contributed by atoms with Gasteiger partial charge in [-0.3, -0.25) is 29.8 Å². The number of furan rings is 1. The van der Waals surface area contributed by atoms with Gasteiger partial charge in [-0.25, -0.2) is 5.43 Å². The molecule has 0 spiro atoms. The highest BCUT2D eigenvalue weighted by atomic mass is 16.6. The summed E-state index contributed by atoms with van der Waals surface area (Å²) in [6.45, 7) is 0.231. The first-order chi connectivity index (χ1) is 13.9. The zero-order valence-electron chi connectivity index (χ0n) is 14.9. The molecular weight excluding hydrogens is 386 g/mol. The number of rotatable bonds is 6. The number of nitro groups is 2. The minimum Gasteiger partial charge on any atom is -0.463 e. The lowest BCUT2D eigenvalue weighted by Crippen LogP contribution is -2.44. The smallest absolute Gasteiger partial charge is 0.277 e. The summed E-state index contributed by atoms with van der Waals surface area (Å²) < 4.78 is 5.04. The normalized spacial score (nSPS) is 16.1. The number of nitro benzene ring substituents is 2. The first kappa shape index (κ1) is 19.7. The SMILES string of the molecule is O=C(N/N=C/c1ccco1)C1CCCN1C(=O)c1cc([N+](=O)[O-])cc([N+](=O)[O-])c1. The average molecular weight is 401 g/mol. The number of benzene rings is 1. The molecule has 150 valence electrons. The van der Waals surface area contributed by atoms with E-state index in [-0.39, 0.29) is 12.1 Å². The van der Waals surface area contributed by atoms with Crippen LogP contribution in [-0.2, 0) is 4.79 Å². The number of nitrogens with zero attached hydrogens (tertiary/aromatic N) is 4. The summed E-state index contributed by atoms with van der Waals surface area (Å²) >= 11 is 0. The van der Waals surface area contributed by atoms with Crippen molar-refractivity contribution in [3.8, 4) is 0 Å². The van der Waals surface area contributed by atoms with Crippen LogP contribution in [0.5, 0.6) is 0 Å². The standard InChI is InChI=1S/C17H15N5O7/c23-16(19-18-10-14-3-2-6-29-14)15-4-1-5-20(15)17(24)11-7-12(21(25)26)9-13(8-11)22(27)28/h2-3,6-10,15H,1,4-5H2,(H,19,23)/b18-10+. The van der Waals surface area contributed by atoms with E-state index >= 15 is 0 Å². The molecule has 29 heavy (non-hydrogen) atoms. The molecule has 1 atom stereocenters. The molecule has 1 aromatic heterocycles. The maximum atomic E-state index is 12.8. The molecule has 1 unspecified atom stereocenters. The van der Waals surface area contributed by atoms with E-state index in [1.807, 2.05) is 0 Å². The second kappa shape index (κ2) is 8.29. The van der Waals surface area contributed by atoms with Crippen molar-refractivity contribution in [1.82, 2.24) is 10.3 Å². The lowest BCUT2D eigenvalue weighted by molar-refractivity contribution is -0.394. The summed E-state index contributed by atoms with van der Waals surface area (Å²) in [7, 11) is 0. The fraction of sp³-hybridized carbons (Fsp3) is 0.235. The largest absolute Gasteiger partial charge is 0.463 e. The number of carbonyl (C=O) groups excluding carboxylic acids is 2. The summed E-state index contributed by atoms with van der Waals surface area (Å²) in [5.74, 6) is -0.823. The second-order valence-electron chi connectivity index (χ2n) is 6.16. The fourth-order valence-electron chi connectivity index (χ4n) is 2.98. The van der Waals surface area contributed by atoms with Gasteiger partial charge < -0.3 is 9.32 Å². The van der Waals surface area contributed by atoms with E-state index in [1.54, 1.807) is 12.1 Å². The highest BCUT2D eigenvalue weighted by molar-refractivity contribution is 5.99. The van der Waals surface area contributed by atoms with Crippen molar-refractivity contribution in [3.63, 3.8) is 0 Å². The highest BCUT2D eigenvalue weighted by Gasteiger charge is 2.35. The summed E-state index contributed by atoms with van der Waals surface area (Å²) in [5.41, 5.74) is 0.931. The predicted molar refractivity (Wildman–Crippen MR) is 98.3 cm³/mol. The zero-order chi connectivity index (χ0) is 21.0. The van der Waals surface area contributed by atoms with E-state index in [9.17, 15) is 29.8 Å². The van der Waals surface area contributed by atoms with Crippen molar-refractivity contribution >= 4 is 29.4 Å². The van der Waals surface area contributed by atoms with E-state index in [1.165, 1.54) is 17.4 Å². The van der Waals surface area contributed by atoms with Gasteiger partial charge in [-0.15, -0.1) is 0 Å². The van der Waals surface area contributed by atoms with Gasteiger partial charge >= 0.3 is 0 Å². The summed E-state index contributed by atoms with van der Waals surface area (Å²) in [4.78, 5) is 46.9. The van der Waals surface area contributed by atoms with E-state index in [0.29, 0.717) is 18.6 Å². The molecule has 12 heteroatoms. The monoisotopic (exact) mass is 401 g/mol. The Morgan fingerprint density at radius 2 is 1.90 bits per heavy atom. The van der Waals surface area contributed by atoms with Crippen LogP contribution in [0.25, 0.3) is 0 Å². The lowest BCUT2D eigenvalue weighted by atomic mass is 10.1. The molecule has 12 nitrogen and oxygen atoms in total. The number of non-ortho nitro benzene ring substituents is 2. The molecular formula is C17H15N5O7. The molecule has 0 saturated carbocycles. The maximum Gasteiger partial charge on any atom is 0.277 e. The molecule has 2 heterocycles. The van der Waals surface area contributed by atoms with E-state index in [4.69, 9.17) is 4.42 Å². The molecule has 1 aliphatic rings. The first-order valence-corrected chi connectivity index (χ1v) is 8.48. The summed E-state index contributed by atoms with van der Waals surface area (Å²) in [6, 6.07) is 5.12. The predicted octanol–water partition coefficient (Wildman–Crippen LogP) is 1.85. The third-order valence-electron chi connectivity index (χ3n) is 4.30. The molecule has 1 N–H and O–H groups in total. The molecule has 0 radical (unpaired) electrons. The van der Waals surface area contributed by atoms with Crippen molar-refractivity contribution in [1.29, 1.82) is 0 Å². The van der Waals surface area contributed by atoms with Crippen molar-refractivity contribution < 1.29 is 23.9 Å². The number of hydrazone groups is 1. The third kappa shape index (κ3) is 4.43. The van der Waals surface area contributed by atoms with Crippen molar-refractivity contribution in [2.24, 2.45) is 5.10 Å². The van der Waals surface area contributed by atoms with Crippen LogP contribution in [0, 0.1) is 20.2 Å². The van der Waals surface area contributed by atoms with E-state index < -0.39 is 39.1 Å². The Morgan fingerprint density at radius 3 is 2.48 bits per heavy atom. The van der Waals surface area contributed by atoms with Gasteiger partial charge in [0.05, 0.1) is 34.0 Å².